The van der Waals surface area contributed by atoms with Gasteiger partial charge in [-0.15, -0.1) is 6.58 Å². The second-order valence-corrected chi connectivity index (χ2v) is 3.70. The molecule has 0 atom stereocenters. The molecule has 1 aromatic rings. The molecule has 0 amide bonds. The van der Waals surface area contributed by atoms with Gasteiger partial charge in [0.05, 0.1) is 0 Å². The highest BCUT2D eigenvalue weighted by atomic mass is 79.9. The maximum absolute atomic E-state index is 3.67. The molecule has 0 radical (unpaired) electrons. The van der Waals surface area contributed by atoms with Crippen LogP contribution < -0.4 is 5.32 Å². The van der Waals surface area contributed by atoms with E-state index >= 15 is 0 Å². The molecule has 1 rings (SSSR count). The van der Waals surface area contributed by atoms with E-state index in [-0.39, 0.29) is 0 Å². The largest absolute Gasteiger partial charge is 0.312 e. The van der Waals surface area contributed by atoms with Crippen molar-refractivity contribution < 1.29 is 0 Å². The number of hydrogen-bond donors (Lipinski definition) is 1. The molecular weight excluding hydrogens is 226 g/mol. The third-order valence-corrected chi connectivity index (χ3v) is 2.57. The van der Waals surface area contributed by atoms with Crippen LogP contribution in [0.25, 0.3) is 0 Å². The van der Waals surface area contributed by atoms with E-state index in [1.807, 2.05) is 12.1 Å². The molecule has 13 heavy (non-hydrogen) atoms. The average Bonchev–Trinajstić information content (AvgIpc) is 2.15. The van der Waals surface area contributed by atoms with E-state index in [0.29, 0.717) is 0 Å². The summed E-state index contributed by atoms with van der Waals surface area (Å²) in [6.07, 6.45) is 2.94. The predicted molar refractivity (Wildman–Crippen MR) is 60.7 cm³/mol. The van der Waals surface area contributed by atoms with Gasteiger partial charge in [-0.1, -0.05) is 40.2 Å². The third kappa shape index (κ3) is 3.75. The zero-order valence-corrected chi connectivity index (χ0v) is 9.18. The van der Waals surface area contributed by atoms with Crippen molar-refractivity contribution in [2.24, 2.45) is 0 Å². The van der Waals surface area contributed by atoms with Crippen molar-refractivity contribution in [1.29, 1.82) is 0 Å². The van der Waals surface area contributed by atoms with Gasteiger partial charge in [-0.05, 0) is 24.6 Å². The molecule has 0 bridgehead atoms. The standard InChI is InChI=1S/C11H14BrN/c1-2-3-8-13-9-10-6-4-5-7-11(10)12/h2,4-7,13H,1,3,8-9H2. The molecule has 0 saturated carbocycles. The Kier molecular flexibility index (Phi) is 4.79. The molecule has 1 nitrogen and oxygen atoms in total. The van der Waals surface area contributed by atoms with Gasteiger partial charge in [0.25, 0.3) is 0 Å². The second kappa shape index (κ2) is 5.95. The lowest BCUT2D eigenvalue weighted by atomic mass is 10.2. The summed E-state index contributed by atoms with van der Waals surface area (Å²) in [5.74, 6) is 0. The average molecular weight is 240 g/mol. The Balaban J connectivity index is 2.36. The van der Waals surface area contributed by atoms with Crippen molar-refractivity contribution in [3.63, 3.8) is 0 Å². The van der Waals surface area contributed by atoms with E-state index in [0.717, 1.165) is 19.5 Å². The molecule has 1 N–H and O–H groups in total. The van der Waals surface area contributed by atoms with Crippen LogP contribution in [0.15, 0.2) is 41.4 Å². The Morgan fingerprint density at radius 3 is 2.85 bits per heavy atom. The van der Waals surface area contributed by atoms with E-state index in [4.69, 9.17) is 0 Å². The van der Waals surface area contributed by atoms with Gasteiger partial charge in [0.1, 0.15) is 0 Å². The van der Waals surface area contributed by atoms with Crippen LogP contribution in [0, 0.1) is 0 Å². The minimum absolute atomic E-state index is 0.912. The zero-order valence-electron chi connectivity index (χ0n) is 7.59. The van der Waals surface area contributed by atoms with Gasteiger partial charge < -0.3 is 5.32 Å². The summed E-state index contributed by atoms with van der Waals surface area (Å²) >= 11 is 3.51. The Bertz CT molecular complexity index is 271. The molecule has 0 unspecified atom stereocenters. The van der Waals surface area contributed by atoms with Crippen LogP contribution in [0.5, 0.6) is 0 Å². The van der Waals surface area contributed by atoms with Crippen molar-refractivity contribution in [3.8, 4) is 0 Å². The molecule has 1 aromatic carbocycles. The SMILES string of the molecule is C=CCCNCc1ccccc1Br. The minimum Gasteiger partial charge on any atom is -0.312 e. The Morgan fingerprint density at radius 1 is 1.38 bits per heavy atom. The molecule has 0 spiro atoms. The molecule has 0 aliphatic heterocycles. The maximum atomic E-state index is 3.67. The Hall–Kier alpha value is -0.600. The lowest BCUT2D eigenvalue weighted by Gasteiger charge is -2.04. The van der Waals surface area contributed by atoms with Crippen LogP contribution in [0.3, 0.4) is 0 Å². The van der Waals surface area contributed by atoms with Crippen LogP contribution >= 0.6 is 15.9 Å². The van der Waals surface area contributed by atoms with Gasteiger partial charge in [0.2, 0.25) is 0 Å². The molecule has 70 valence electrons. The third-order valence-electron chi connectivity index (χ3n) is 1.80. The van der Waals surface area contributed by atoms with Crippen LogP contribution in [0.1, 0.15) is 12.0 Å². The van der Waals surface area contributed by atoms with E-state index in [9.17, 15) is 0 Å². The van der Waals surface area contributed by atoms with Crippen molar-refractivity contribution >= 4 is 15.9 Å². The van der Waals surface area contributed by atoms with Crippen molar-refractivity contribution in [2.45, 2.75) is 13.0 Å². The molecule has 0 saturated heterocycles. The van der Waals surface area contributed by atoms with Crippen LogP contribution in [-0.4, -0.2) is 6.54 Å². The molecule has 0 aliphatic carbocycles. The Labute approximate surface area is 88.0 Å². The fourth-order valence-corrected chi connectivity index (χ4v) is 1.49. The first-order valence-electron chi connectivity index (χ1n) is 4.39. The fraction of sp³-hybridized carbons (Fsp3) is 0.273. The van der Waals surface area contributed by atoms with Crippen LogP contribution in [0.2, 0.25) is 0 Å². The van der Waals surface area contributed by atoms with Crippen molar-refractivity contribution in [1.82, 2.24) is 5.32 Å². The molecule has 0 heterocycles. The Morgan fingerprint density at radius 2 is 2.15 bits per heavy atom. The zero-order chi connectivity index (χ0) is 9.52. The second-order valence-electron chi connectivity index (χ2n) is 2.85. The number of halogens is 1. The maximum Gasteiger partial charge on any atom is 0.0220 e. The normalized spacial score (nSPS) is 9.92. The number of benzene rings is 1. The van der Waals surface area contributed by atoms with E-state index in [2.05, 4.69) is 46.0 Å². The van der Waals surface area contributed by atoms with Crippen molar-refractivity contribution in [3.05, 3.63) is 47.0 Å². The van der Waals surface area contributed by atoms with Gasteiger partial charge in [-0.3, -0.25) is 0 Å². The highest BCUT2D eigenvalue weighted by Crippen LogP contribution is 2.14. The first-order valence-corrected chi connectivity index (χ1v) is 5.19. The summed E-state index contributed by atoms with van der Waals surface area (Å²) in [7, 11) is 0. The summed E-state index contributed by atoms with van der Waals surface area (Å²) in [6, 6.07) is 8.25. The smallest absolute Gasteiger partial charge is 0.0220 e. The lowest BCUT2D eigenvalue weighted by molar-refractivity contribution is 0.694. The topological polar surface area (TPSA) is 12.0 Å². The van der Waals surface area contributed by atoms with Crippen LogP contribution in [-0.2, 0) is 6.54 Å². The summed E-state index contributed by atoms with van der Waals surface area (Å²) in [4.78, 5) is 0. The molecule has 0 aliphatic rings. The van der Waals surface area contributed by atoms with Crippen molar-refractivity contribution in [2.75, 3.05) is 6.54 Å². The van der Waals surface area contributed by atoms with Crippen LogP contribution in [0.4, 0.5) is 0 Å². The fourth-order valence-electron chi connectivity index (χ4n) is 1.07. The molecular formula is C11H14BrN. The quantitative estimate of drug-likeness (QED) is 0.616. The highest BCUT2D eigenvalue weighted by Gasteiger charge is 1.95. The minimum atomic E-state index is 0.912. The monoisotopic (exact) mass is 239 g/mol. The first-order chi connectivity index (χ1) is 6.34. The first kappa shape index (κ1) is 10.5. The van der Waals surface area contributed by atoms with Gasteiger partial charge in [-0.25, -0.2) is 0 Å². The van der Waals surface area contributed by atoms with E-state index in [1.165, 1.54) is 10.0 Å². The summed E-state index contributed by atoms with van der Waals surface area (Å²) in [5.41, 5.74) is 1.30. The van der Waals surface area contributed by atoms with Gasteiger partial charge >= 0.3 is 0 Å². The number of hydrogen-bond acceptors (Lipinski definition) is 1. The number of nitrogens with one attached hydrogen (secondary N) is 1. The molecule has 0 fully saturated rings. The lowest BCUT2D eigenvalue weighted by Crippen LogP contribution is -2.14. The summed E-state index contributed by atoms with van der Waals surface area (Å²) < 4.78 is 1.17. The summed E-state index contributed by atoms with van der Waals surface area (Å²) in [5, 5.41) is 3.34. The van der Waals surface area contributed by atoms with Gasteiger partial charge in [-0.2, -0.15) is 0 Å². The van der Waals surface area contributed by atoms with Gasteiger partial charge in [0.15, 0.2) is 0 Å². The summed E-state index contributed by atoms with van der Waals surface area (Å²) in [6.45, 7) is 5.58. The van der Waals surface area contributed by atoms with E-state index in [1.54, 1.807) is 0 Å². The molecule has 2 heteroatoms. The highest BCUT2D eigenvalue weighted by molar-refractivity contribution is 9.10. The van der Waals surface area contributed by atoms with Gasteiger partial charge in [0, 0.05) is 11.0 Å². The number of rotatable bonds is 5. The van der Waals surface area contributed by atoms with E-state index < -0.39 is 0 Å². The molecule has 0 aromatic heterocycles. The predicted octanol–water partition coefficient (Wildman–Crippen LogP) is 3.11.